The topological polar surface area (TPSA) is 17.1 Å². The molecule has 0 N–H and O–H groups in total. The van der Waals surface area contributed by atoms with Crippen molar-refractivity contribution in [2.24, 2.45) is 0 Å². The molecule has 1 heterocycles. The second-order valence-electron chi connectivity index (χ2n) is 6.31. The van der Waals surface area contributed by atoms with Crippen LogP contribution in [0.5, 0.6) is 0 Å². The Hall–Kier alpha value is -1.80. The molecule has 0 saturated carbocycles. The van der Waals surface area contributed by atoms with Crippen molar-refractivity contribution in [2.75, 3.05) is 0 Å². The van der Waals surface area contributed by atoms with Gasteiger partial charge in [-0.2, -0.15) is 0 Å². The first-order valence-electron chi connectivity index (χ1n) is 7.09. The van der Waals surface area contributed by atoms with Gasteiger partial charge < -0.3 is 0 Å². The molecule has 0 bridgehead atoms. The predicted octanol–water partition coefficient (Wildman–Crippen LogP) is 5.31. The molecule has 0 fully saturated rings. The molecule has 1 aliphatic heterocycles. The van der Waals surface area contributed by atoms with Gasteiger partial charge in [0.1, 0.15) is 0 Å². The second-order valence-corrected chi connectivity index (χ2v) is 7.39. The Morgan fingerprint density at radius 1 is 0.952 bits per heavy atom. The zero-order valence-electron chi connectivity index (χ0n) is 12.5. The number of ketones is 1. The Morgan fingerprint density at radius 2 is 1.62 bits per heavy atom. The summed E-state index contributed by atoms with van der Waals surface area (Å²) in [5, 5.41) is 0. The lowest BCUT2D eigenvalue weighted by molar-refractivity contribution is 0.104. The maximum atomic E-state index is 12.3. The van der Waals surface area contributed by atoms with E-state index in [0.29, 0.717) is 0 Å². The number of rotatable bonds is 1. The number of allylic oxidation sites excluding steroid dienone is 1. The van der Waals surface area contributed by atoms with Gasteiger partial charge in [-0.25, -0.2) is 0 Å². The summed E-state index contributed by atoms with van der Waals surface area (Å²) in [6.45, 7) is 6.61. The summed E-state index contributed by atoms with van der Waals surface area (Å²) >= 11 is 1.56. The summed E-state index contributed by atoms with van der Waals surface area (Å²) in [6, 6.07) is 16.2. The lowest BCUT2D eigenvalue weighted by Crippen LogP contribution is -2.10. The molecule has 2 heteroatoms. The van der Waals surface area contributed by atoms with E-state index in [0.717, 1.165) is 20.9 Å². The molecule has 0 amide bonds. The number of benzene rings is 2. The van der Waals surface area contributed by atoms with Crippen LogP contribution in [-0.4, -0.2) is 5.78 Å². The van der Waals surface area contributed by atoms with Crippen LogP contribution in [-0.2, 0) is 5.41 Å². The highest BCUT2D eigenvalue weighted by Crippen LogP contribution is 2.40. The number of carbonyl (C=O) groups is 1. The second kappa shape index (κ2) is 5.19. The minimum Gasteiger partial charge on any atom is -0.288 e. The van der Waals surface area contributed by atoms with Crippen LogP contribution in [0, 0.1) is 0 Å². The number of hydrogen-bond donors (Lipinski definition) is 0. The third-order valence-corrected chi connectivity index (χ3v) is 4.75. The van der Waals surface area contributed by atoms with E-state index in [1.165, 1.54) is 5.56 Å². The van der Waals surface area contributed by atoms with Crippen molar-refractivity contribution in [1.29, 1.82) is 0 Å². The lowest BCUT2D eigenvalue weighted by Gasteiger charge is -2.18. The molecule has 2 aromatic carbocycles. The Kier molecular flexibility index (Phi) is 3.50. The molecule has 1 nitrogen and oxygen atoms in total. The maximum absolute atomic E-state index is 12.3. The number of hydrogen-bond acceptors (Lipinski definition) is 2. The van der Waals surface area contributed by atoms with E-state index < -0.39 is 0 Å². The van der Waals surface area contributed by atoms with Crippen molar-refractivity contribution >= 4 is 23.6 Å². The van der Waals surface area contributed by atoms with Crippen LogP contribution in [0.3, 0.4) is 0 Å². The molecule has 2 aromatic rings. The van der Waals surface area contributed by atoms with E-state index in [1.54, 1.807) is 11.8 Å². The molecule has 0 atom stereocenters. The molecule has 21 heavy (non-hydrogen) atoms. The Labute approximate surface area is 130 Å². The summed E-state index contributed by atoms with van der Waals surface area (Å²) < 4.78 is 0. The van der Waals surface area contributed by atoms with Gasteiger partial charge in [0.15, 0.2) is 0 Å². The Bertz CT molecular complexity index is 718. The van der Waals surface area contributed by atoms with Crippen LogP contribution in [0.4, 0.5) is 0 Å². The van der Waals surface area contributed by atoms with Crippen molar-refractivity contribution in [3.8, 4) is 0 Å². The third kappa shape index (κ3) is 2.81. The molecule has 0 saturated heterocycles. The zero-order chi connectivity index (χ0) is 15.0. The standard InChI is InChI=1S/C19H18OS/c1-19(2,3)14-10-8-13(9-11-14)12-17-18(20)15-6-4-5-7-16(15)21-17/h4-12H,1-3H3/b17-12+. The third-order valence-electron chi connectivity index (χ3n) is 3.65. The van der Waals surface area contributed by atoms with Crippen molar-refractivity contribution in [3.63, 3.8) is 0 Å². The van der Waals surface area contributed by atoms with E-state index >= 15 is 0 Å². The highest BCUT2D eigenvalue weighted by atomic mass is 32.2. The monoisotopic (exact) mass is 294 g/mol. The van der Waals surface area contributed by atoms with E-state index in [9.17, 15) is 4.79 Å². The number of fused-ring (bicyclic) bond motifs is 1. The van der Waals surface area contributed by atoms with Crippen LogP contribution < -0.4 is 0 Å². The first-order chi connectivity index (χ1) is 9.95. The van der Waals surface area contributed by atoms with Crippen LogP contribution in [0.2, 0.25) is 0 Å². The maximum Gasteiger partial charge on any atom is 0.200 e. The molecule has 106 valence electrons. The average Bonchev–Trinajstić information content (AvgIpc) is 2.76. The van der Waals surface area contributed by atoms with E-state index in [2.05, 4.69) is 45.0 Å². The lowest BCUT2D eigenvalue weighted by atomic mass is 9.87. The summed E-state index contributed by atoms with van der Waals surface area (Å²) in [6.07, 6.45) is 1.99. The van der Waals surface area contributed by atoms with Crippen LogP contribution >= 0.6 is 11.8 Å². The molecule has 0 aliphatic carbocycles. The summed E-state index contributed by atoms with van der Waals surface area (Å²) in [5.41, 5.74) is 3.35. The predicted molar refractivity (Wildman–Crippen MR) is 89.7 cm³/mol. The molecule has 0 spiro atoms. The fraction of sp³-hybridized carbons (Fsp3) is 0.211. The fourth-order valence-corrected chi connectivity index (χ4v) is 3.42. The summed E-state index contributed by atoms with van der Waals surface area (Å²) in [4.78, 5) is 14.2. The molecule has 0 radical (unpaired) electrons. The summed E-state index contributed by atoms with van der Waals surface area (Å²) in [5.74, 6) is 0.135. The number of thioether (sulfide) groups is 1. The fourth-order valence-electron chi connectivity index (χ4n) is 2.37. The van der Waals surface area contributed by atoms with E-state index in [4.69, 9.17) is 0 Å². The van der Waals surface area contributed by atoms with E-state index in [-0.39, 0.29) is 11.2 Å². The molecule has 0 unspecified atom stereocenters. The highest BCUT2D eigenvalue weighted by Gasteiger charge is 2.25. The molecule has 0 aromatic heterocycles. The number of carbonyl (C=O) groups excluding carboxylic acids is 1. The number of Topliss-reactive ketones (excluding diaryl/α,β-unsaturated/α-hetero) is 1. The van der Waals surface area contributed by atoms with Crippen molar-refractivity contribution in [2.45, 2.75) is 31.1 Å². The van der Waals surface area contributed by atoms with Gasteiger partial charge in [0, 0.05) is 10.5 Å². The first-order valence-corrected chi connectivity index (χ1v) is 7.90. The van der Waals surface area contributed by atoms with Gasteiger partial charge in [0.05, 0.1) is 4.91 Å². The largest absolute Gasteiger partial charge is 0.288 e. The molecule has 1 aliphatic rings. The van der Waals surface area contributed by atoms with Crippen LogP contribution in [0.1, 0.15) is 42.3 Å². The van der Waals surface area contributed by atoms with Crippen molar-refractivity contribution < 1.29 is 4.79 Å². The van der Waals surface area contributed by atoms with Gasteiger partial charge >= 0.3 is 0 Å². The average molecular weight is 294 g/mol. The summed E-state index contributed by atoms with van der Waals surface area (Å²) in [7, 11) is 0. The van der Waals surface area contributed by atoms with Crippen molar-refractivity contribution in [3.05, 3.63) is 70.1 Å². The van der Waals surface area contributed by atoms with Crippen LogP contribution in [0.15, 0.2) is 58.3 Å². The molecular weight excluding hydrogens is 276 g/mol. The Morgan fingerprint density at radius 3 is 2.24 bits per heavy atom. The van der Waals surface area contributed by atoms with Gasteiger partial charge in [-0.05, 0) is 34.8 Å². The van der Waals surface area contributed by atoms with Gasteiger partial charge in [-0.1, -0.05) is 68.9 Å². The highest BCUT2D eigenvalue weighted by molar-refractivity contribution is 8.04. The van der Waals surface area contributed by atoms with Gasteiger partial charge in [-0.15, -0.1) is 0 Å². The first kappa shape index (κ1) is 14.2. The van der Waals surface area contributed by atoms with Gasteiger partial charge in [-0.3, -0.25) is 4.79 Å². The molecule has 3 rings (SSSR count). The SMILES string of the molecule is CC(C)(C)c1ccc(/C=C2/Sc3ccccc3C2=O)cc1. The molecular formula is C19H18OS. The van der Waals surface area contributed by atoms with Gasteiger partial charge in [0.25, 0.3) is 0 Å². The zero-order valence-corrected chi connectivity index (χ0v) is 13.3. The minimum atomic E-state index is 0.135. The smallest absolute Gasteiger partial charge is 0.200 e. The van der Waals surface area contributed by atoms with E-state index in [1.807, 2.05) is 30.3 Å². The normalized spacial score (nSPS) is 16.3. The van der Waals surface area contributed by atoms with Gasteiger partial charge in [0.2, 0.25) is 5.78 Å². The van der Waals surface area contributed by atoms with Crippen LogP contribution in [0.25, 0.3) is 6.08 Å². The minimum absolute atomic E-state index is 0.135. The quantitative estimate of drug-likeness (QED) is 0.663. The Balaban J connectivity index is 1.89. The van der Waals surface area contributed by atoms with Crippen molar-refractivity contribution in [1.82, 2.24) is 0 Å².